The van der Waals surface area contributed by atoms with Crippen molar-refractivity contribution in [2.45, 2.75) is 0 Å². The molecule has 2 aromatic heterocycles. The van der Waals surface area contributed by atoms with E-state index in [0.717, 1.165) is 26.3 Å². The molecule has 1 saturated heterocycles. The lowest BCUT2D eigenvalue weighted by atomic mass is 10.4. The monoisotopic (exact) mass is 202 g/mol. The lowest BCUT2D eigenvalue weighted by Gasteiger charge is -2.28. The van der Waals surface area contributed by atoms with Gasteiger partial charge in [-0.1, -0.05) is 6.07 Å². The molecule has 1 aliphatic rings. The highest BCUT2D eigenvalue weighted by atomic mass is 16.5. The Kier molecular flexibility index (Phi) is 2.10. The Morgan fingerprint density at radius 2 is 1.87 bits per heavy atom. The van der Waals surface area contributed by atoms with E-state index in [-0.39, 0.29) is 0 Å². The number of aromatic nitrogens is 1. The number of morpholine rings is 1. The largest absolute Gasteiger partial charge is 0.378 e. The first-order chi connectivity index (χ1) is 7.45. The fourth-order valence-electron chi connectivity index (χ4n) is 2.09. The third-order valence-electron chi connectivity index (χ3n) is 2.88. The minimum absolute atomic E-state index is 0.833. The lowest BCUT2D eigenvalue weighted by Crippen LogP contribution is -2.36. The molecular formula is C12H14N2O. The van der Waals surface area contributed by atoms with Crippen LogP contribution >= 0.6 is 0 Å². The van der Waals surface area contributed by atoms with Gasteiger partial charge in [-0.3, -0.25) is 0 Å². The van der Waals surface area contributed by atoms with Gasteiger partial charge in [0.25, 0.3) is 0 Å². The van der Waals surface area contributed by atoms with Gasteiger partial charge in [0.05, 0.1) is 13.2 Å². The van der Waals surface area contributed by atoms with Gasteiger partial charge in [-0.2, -0.15) is 0 Å². The Morgan fingerprint density at radius 3 is 2.73 bits per heavy atom. The molecule has 0 N–H and O–H groups in total. The standard InChI is InChI=1S/C12H14N2O/c1-2-6-14-11(3-1)4-5-12(14)13-7-9-15-10-8-13/h1-6H,7-10H2. The van der Waals surface area contributed by atoms with Crippen molar-refractivity contribution in [3.63, 3.8) is 0 Å². The third-order valence-corrected chi connectivity index (χ3v) is 2.88. The third kappa shape index (κ3) is 1.49. The van der Waals surface area contributed by atoms with Crippen LogP contribution in [-0.4, -0.2) is 30.7 Å². The molecule has 78 valence electrons. The van der Waals surface area contributed by atoms with Crippen molar-refractivity contribution in [2.75, 3.05) is 31.2 Å². The number of pyridine rings is 1. The zero-order chi connectivity index (χ0) is 10.1. The average Bonchev–Trinajstić information content (AvgIpc) is 2.74. The number of rotatable bonds is 1. The molecule has 1 fully saturated rings. The van der Waals surface area contributed by atoms with Crippen LogP contribution in [0, 0.1) is 0 Å². The summed E-state index contributed by atoms with van der Waals surface area (Å²) in [5, 5.41) is 0. The second kappa shape index (κ2) is 3.59. The lowest BCUT2D eigenvalue weighted by molar-refractivity contribution is 0.122. The van der Waals surface area contributed by atoms with Crippen LogP contribution in [0.5, 0.6) is 0 Å². The van der Waals surface area contributed by atoms with Crippen molar-refractivity contribution in [1.82, 2.24) is 4.40 Å². The van der Waals surface area contributed by atoms with Crippen LogP contribution in [0.4, 0.5) is 5.82 Å². The maximum Gasteiger partial charge on any atom is 0.113 e. The zero-order valence-corrected chi connectivity index (χ0v) is 8.60. The molecule has 0 aliphatic carbocycles. The van der Waals surface area contributed by atoms with Crippen LogP contribution < -0.4 is 4.90 Å². The Morgan fingerprint density at radius 1 is 1.00 bits per heavy atom. The molecule has 0 unspecified atom stereocenters. The Hall–Kier alpha value is -1.48. The van der Waals surface area contributed by atoms with E-state index in [0.29, 0.717) is 0 Å². The van der Waals surface area contributed by atoms with Crippen molar-refractivity contribution in [3.05, 3.63) is 36.5 Å². The highest BCUT2D eigenvalue weighted by Crippen LogP contribution is 2.19. The van der Waals surface area contributed by atoms with Gasteiger partial charge < -0.3 is 14.0 Å². The Labute approximate surface area is 88.9 Å². The van der Waals surface area contributed by atoms with E-state index in [1.807, 2.05) is 0 Å². The highest BCUT2D eigenvalue weighted by molar-refractivity contribution is 5.58. The topological polar surface area (TPSA) is 16.9 Å². The summed E-state index contributed by atoms with van der Waals surface area (Å²) in [5.74, 6) is 1.27. The molecule has 0 spiro atoms. The molecular weight excluding hydrogens is 188 g/mol. The summed E-state index contributed by atoms with van der Waals surface area (Å²) >= 11 is 0. The van der Waals surface area contributed by atoms with Crippen LogP contribution in [-0.2, 0) is 4.74 Å². The molecule has 2 aromatic rings. The van der Waals surface area contributed by atoms with Gasteiger partial charge >= 0.3 is 0 Å². The van der Waals surface area contributed by atoms with E-state index < -0.39 is 0 Å². The fourth-order valence-corrected chi connectivity index (χ4v) is 2.09. The van der Waals surface area contributed by atoms with Crippen LogP contribution in [0.15, 0.2) is 36.5 Å². The van der Waals surface area contributed by atoms with Gasteiger partial charge in [0.15, 0.2) is 0 Å². The van der Waals surface area contributed by atoms with E-state index in [9.17, 15) is 0 Å². The summed E-state index contributed by atoms with van der Waals surface area (Å²) in [6, 6.07) is 10.6. The van der Waals surface area contributed by atoms with Crippen LogP contribution in [0.2, 0.25) is 0 Å². The molecule has 0 saturated carbocycles. The maximum absolute atomic E-state index is 5.36. The molecule has 3 heteroatoms. The molecule has 0 atom stereocenters. The molecule has 0 amide bonds. The molecule has 1 aliphatic heterocycles. The predicted octanol–water partition coefficient (Wildman–Crippen LogP) is 1.78. The molecule has 3 heterocycles. The van der Waals surface area contributed by atoms with Crippen molar-refractivity contribution in [2.24, 2.45) is 0 Å². The molecule has 3 rings (SSSR count). The summed E-state index contributed by atoms with van der Waals surface area (Å²) in [7, 11) is 0. The smallest absolute Gasteiger partial charge is 0.113 e. The van der Waals surface area contributed by atoms with Gasteiger partial charge in [0.2, 0.25) is 0 Å². The normalized spacial score (nSPS) is 17.2. The first kappa shape index (κ1) is 8.80. The molecule has 0 aromatic carbocycles. The molecule has 0 bridgehead atoms. The minimum atomic E-state index is 0.833. The van der Waals surface area contributed by atoms with E-state index in [1.54, 1.807) is 0 Å². The number of ether oxygens (including phenoxy) is 1. The number of hydrogen-bond acceptors (Lipinski definition) is 2. The number of nitrogens with zero attached hydrogens (tertiary/aromatic N) is 2. The van der Waals surface area contributed by atoms with E-state index in [2.05, 4.69) is 45.8 Å². The van der Waals surface area contributed by atoms with E-state index in [4.69, 9.17) is 4.74 Å². The Balaban J connectivity index is 2.02. The quantitative estimate of drug-likeness (QED) is 0.701. The summed E-state index contributed by atoms with van der Waals surface area (Å²) in [4.78, 5) is 2.37. The SMILES string of the molecule is c1ccn2c(N3CCOCC3)ccc2c1. The Bertz CT molecular complexity index is 457. The van der Waals surface area contributed by atoms with Gasteiger partial charge in [0, 0.05) is 24.8 Å². The van der Waals surface area contributed by atoms with E-state index >= 15 is 0 Å². The van der Waals surface area contributed by atoms with Gasteiger partial charge in [-0.25, -0.2) is 0 Å². The van der Waals surface area contributed by atoms with Crippen LogP contribution in [0.1, 0.15) is 0 Å². The van der Waals surface area contributed by atoms with E-state index in [1.165, 1.54) is 11.3 Å². The van der Waals surface area contributed by atoms with Crippen LogP contribution in [0.25, 0.3) is 5.52 Å². The van der Waals surface area contributed by atoms with Crippen molar-refractivity contribution < 1.29 is 4.74 Å². The number of fused-ring (bicyclic) bond motifs is 1. The molecule has 0 radical (unpaired) electrons. The average molecular weight is 202 g/mol. The maximum atomic E-state index is 5.36. The zero-order valence-electron chi connectivity index (χ0n) is 8.60. The second-order valence-corrected chi connectivity index (χ2v) is 3.79. The first-order valence-electron chi connectivity index (χ1n) is 5.34. The van der Waals surface area contributed by atoms with Crippen molar-refractivity contribution in [3.8, 4) is 0 Å². The highest BCUT2D eigenvalue weighted by Gasteiger charge is 2.13. The summed E-state index contributed by atoms with van der Waals surface area (Å²) in [5.41, 5.74) is 1.25. The predicted molar refractivity (Wildman–Crippen MR) is 60.4 cm³/mol. The van der Waals surface area contributed by atoms with Crippen molar-refractivity contribution >= 4 is 11.3 Å². The summed E-state index contributed by atoms with van der Waals surface area (Å²) < 4.78 is 7.59. The van der Waals surface area contributed by atoms with Crippen molar-refractivity contribution in [1.29, 1.82) is 0 Å². The van der Waals surface area contributed by atoms with Gasteiger partial charge in [0.1, 0.15) is 5.82 Å². The minimum Gasteiger partial charge on any atom is -0.378 e. The first-order valence-corrected chi connectivity index (χ1v) is 5.34. The van der Waals surface area contributed by atoms with Gasteiger partial charge in [-0.05, 0) is 24.3 Å². The fraction of sp³-hybridized carbons (Fsp3) is 0.333. The summed E-state index contributed by atoms with van der Waals surface area (Å²) in [6.45, 7) is 3.64. The molecule has 3 nitrogen and oxygen atoms in total. The second-order valence-electron chi connectivity index (χ2n) is 3.79. The summed E-state index contributed by atoms with van der Waals surface area (Å²) in [6.07, 6.45) is 2.11. The number of hydrogen-bond donors (Lipinski definition) is 0. The molecule has 15 heavy (non-hydrogen) atoms. The van der Waals surface area contributed by atoms with Crippen LogP contribution in [0.3, 0.4) is 0 Å². The number of anilines is 1. The van der Waals surface area contributed by atoms with Gasteiger partial charge in [-0.15, -0.1) is 0 Å².